The lowest BCUT2D eigenvalue weighted by atomic mass is 10.2. The molecule has 140 valence electrons. The van der Waals surface area contributed by atoms with E-state index in [0.29, 0.717) is 21.7 Å². The summed E-state index contributed by atoms with van der Waals surface area (Å²) in [5.74, 6) is 0.716. The minimum Gasteiger partial charge on any atom is -0.493 e. The topological polar surface area (TPSA) is 41.9 Å². The Bertz CT molecular complexity index is 878. The minimum absolute atomic E-state index is 0.0731. The van der Waals surface area contributed by atoms with E-state index in [1.54, 1.807) is 24.1 Å². The lowest BCUT2D eigenvalue weighted by Crippen LogP contribution is -2.23. The number of rotatable bonds is 6. The second-order valence-corrected chi connectivity index (χ2v) is 7.53. The summed E-state index contributed by atoms with van der Waals surface area (Å²) in [4.78, 5) is 19.4. The van der Waals surface area contributed by atoms with E-state index in [1.165, 1.54) is 11.8 Å². The van der Waals surface area contributed by atoms with Crippen LogP contribution in [0.15, 0.2) is 58.4 Å². The van der Waals surface area contributed by atoms with Crippen LogP contribution in [0.3, 0.4) is 0 Å². The highest BCUT2D eigenvalue weighted by Crippen LogP contribution is 2.34. The zero-order valence-corrected chi connectivity index (χ0v) is 16.9. The van der Waals surface area contributed by atoms with E-state index < -0.39 is 0 Å². The molecule has 0 spiro atoms. The zero-order valence-electron chi connectivity index (χ0n) is 15.3. The number of thioether (sulfide) groups is 1. The standard InChI is InChI=1S/C21H21ClN2O2S/c1-3-4-13-26-18-8-6-5-7-15(18)14-19-20(25)24(2)21(27-19)23-17-11-9-16(22)10-12-17/h5-12,14H,3-4,13H2,1-2H3/b19-14+,23-21?. The number of hydrogen-bond donors (Lipinski definition) is 0. The summed E-state index contributed by atoms with van der Waals surface area (Å²) >= 11 is 7.27. The second kappa shape index (κ2) is 9.11. The van der Waals surface area contributed by atoms with Gasteiger partial charge in [-0.25, -0.2) is 4.99 Å². The van der Waals surface area contributed by atoms with Crippen molar-refractivity contribution in [3.63, 3.8) is 0 Å². The summed E-state index contributed by atoms with van der Waals surface area (Å²) in [5, 5.41) is 1.29. The normalized spacial score (nSPS) is 17.1. The average molecular weight is 401 g/mol. The molecule has 4 nitrogen and oxygen atoms in total. The van der Waals surface area contributed by atoms with Crippen LogP contribution in [0.25, 0.3) is 6.08 Å². The number of benzene rings is 2. The number of ether oxygens (including phenoxy) is 1. The third-order valence-electron chi connectivity index (χ3n) is 4.02. The van der Waals surface area contributed by atoms with Crippen molar-refractivity contribution in [2.75, 3.05) is 13.7 Å². The first kappa shape index (κ1) is 19.5. The molecule has 0 unspecified atom stereocenters. The van der Waals surface area contributed by atoms with Crippen LogP contribution in [0.4, 0.5) is 5.69 Å². The Labute approximate surface area is 168 Å². The molecule has 0 aliphatic carbocycles. The molecule has 2 aromatic rings. The second-order valence-electron chi connectivity index (χ2n) is 6.09. The summed E-state index contributed by atoms with van der Waals surface area (Å²) in [6.45, 7) is 2.80. The highest BCUT2D eigenvalue weighted by Gasteiger charge is 2.30. The van der Waals surface area contributed by atoms with Crippen LogP contribution in [-0.4, -0.2) is 29.6 Å². The smallest absolute Gasteiger partial charge is 0.266 e. The van der Waals surface area contributed by atoms with Gasteiger partial charge in [-0.1, -0.05) is 43.1 Å². The van der Waals surface area contributed by atoms with Gasteiger partial charge in [-0.3, -0.25) is 9.69 Å². The molecule has 1 fully saturated rings. The summed E-state index contributed by atoms with van der Waals surface area (Å²) in [6.07, 6.45) is 3.95. The zero-order chi connectivity index (χ0) is 19.2. The summed E-state index contributed by atoms with van der Waals surface area (Å²) in [7, 11) is 1.73. The number of aliphatic imine (C=N–C) groups is 1. The van der Waals surface area contributed by atoms with Crippen LogP contribution in [-0.2, 0) is 4.79 Å². The molecule has 1 aliphatic heterocycles. The molecule has 1 amide bonds. The number of carbonyl (C=O) groups is 1. The van der Waals surface area contributed by atoms with Gasteiger partial charge in [-0.15, -0.1) is 0 Å². The lowest BCUT2D eigenvalue weighted by Gasteiger charge is -2.09. The SMILES string of the molecule is CCCCOc1ccccc1/C=C1/SC(=Nc2ccc(Cl)cc2)N(C)C1=O. The molecule has 0 radical (unpaired) electrons. The molecule has 6 heteroatoms. The van der Waals surface area contributed by atoms with Crippen LogP contribution >= 0.6 is 23.4 Å². The van der Waals surface area contributed by atoms with Crippen LogP contribution in [0, 0.1) is 0 Å². The van der Waals surface area contributed by atoms with Gasteiger partial charge in [0.05, 0.1) is 17.2 Å². The predicted octanol–water partition coefficient (Wildman–Crippen LogP) is 5.75. The van der Waals surface area contributed by atoms with Crippen molar-refractivity contribution in [3.05, 3.63) is 64.0 Å². The highest BCUT2D eigenvalue weighted by atomic mass is 35.5. The van der Waals surface area contributed by atoms with Crippen molar-refractivity contribution in [2.45, 2.75) is 19.8 Å². The average Bonchev–Trinajstić information content (AvgIpc) is 2.93. The third kappa shape index (κ3) is 4.93. The van der Waals surface area contributed by atoms with E-state index in [9.17, 15) is 4.79 Å². The maximum absolute atomic E-state index is 12.6. The van der Waals surface area contributed by atoms with Gasteiger partial charge in [0.2, 0.25) is 0 Å². The Morgan fingerprint density at radius 1 is 1.19 bits per heavy atom. The van der Waals surface area contributed by atoms with Gasteiger partial charge in [-0.05, 0) is 54.6 Å². The molecule has 1 aliphatic rings. The fourth-order valence-corrected chi connectivity index (χ4v) is 3.58. The predicted molar refractivity (Wildman–Crippen MR) is 114 cm³/mol. The molecule has 2 aromatic carbocycles. The molecule has 27 heavy (non-hydrogen) atoms. The Morgan fingerprint density at radius 2 is 1.93 bits per heavy atom. The summed E-state index contributed by atoms with van der Waals surface area (Å²) in [5.41, 5.74) is 1.65. The van der Waals surface area contributed by atoms with Crippen LogP contribution in [0.2, 0.25) is 5.02 Å². The number of likely N-dealkylation sites (N-methyl/N-ethyl adjacent to an activating group) is 1. The maximum Gasteiger partial charge on any atom is 0.266 e. The Kier molecular flexibility index (Phi) is 6.58. The minimum atomic E-state index is -0.0731. The van der Waals surface area contributed by atoms with E-state index in [1.807, 2.05) is 42.5 Å². The van der Waals surface area contributed by atoms with Crippen molar-refractivity contribution in [2.24, 2.45) is 4.99 Å². The van der Waals surface area contributed by atoms with E-state index in [4.69, 9.17) is 16.3 Å². The van der Waals surface area contributed by atoms with Crippen LogP contribution < -0.4 is 4.74 Å². The number of carbonyl (C=O) groups excluding carboxylic acids is 1. The van der Waals surface area contributed by atoms with Crippen molar-refractivity contribution >= 4 is 46.2 Å². The summed E-state index contributed by atoms with van der Waals surface area (Å²) < 4.78 is 5.86. The maximum atomic E-state index is 12.6. The third-order valence-corrected chi connectivity index (χ3v) is 5.33. The number of hydrogen-bond acceptors (Lipinski definition) is 4. The Balaban J connectivity index is 1.83. The largest absolute Gasteiger partial charge is 0.493 e. The fraction of sp³-hybridized carbons (Fsp3) is 0.238. The van der Waals surface area contributed by atoms with Gasteiger partial charge in [0.1, 0.15) is 5.75 Å². The molecule has 0 atom stereocenters. The molecule has 0 saturated carbocycles. The number of unbranched alkanes of at least 4 members (excludes halogenated alkanes) is 1. The molecule has 0 N–H and O–H groups in total. The molecule has 1 saturated heterocycles. The van der Waals surface area contributed by atoms with E-state index in [2.05, 4.69) is 11.9 Å². The number of halogens is 1. The number of para-hydroxylation sites is 1. The van der Waals surface area contributed by atoms with Crippen LogP contribution in [0.5, 0.6) is 5.75 Å². The monoisotopic (exact) mass is 400 g/mol. The van der Waals surface area contributed by atoms with Crippen molar-refractivity contribution in [1.29, 1.82) is 0 Å². The molecule has 1 heterocycles. The number of amidine groups is 1. The molecular weight excluding hydrogens is 380 g/mol. The molecular formula is C21H21ClN2O2S. The first-order chi connectivity index (χ1) is 13.1. The molecule has 0 bridgehead atoms. The van der Waals surface area contributed by atoms with Crippen molar-refractivity contribution < 1.29 is 9.53 Å². The van der Waals surface area contributed by atoms with Gasteiger partial charge in [-0.2, -0.15) is 0 Å². The lowest BCUT2D eigenvalue weighted by molar-refractivity contribution is -0.121. The van der Waals surface area contributed by atoms with Gasteiger partial charge < -0.3 is 4.74 Å². The summed E-state index contributed by atoms with van der Waals surface area (Å²) in [6, 6.07) is 15.0. The van der Waals surface area contributed by atoms with Crippen molar-refractivity contribution in [1.82, 2.24) is 4.90 Å². The fourth-order valence-electron chi connectivity index (χ4n) is 2.48. The van der Waals surface area contributed by atoms with E-state index >= 15 is 0 Å². The Hall–Kier alpha value is -2.24. The van der Waals surface area contributed by atoms with Gasteiger partial charge in [0, 0.05) is 17.6 Å². The highest BCUT2D eigenvalue weighted by molar-refractivity contribution is 8.18. The molecule has 3 rings (SSSR count). The van der Waals surface area contributed by atoms with Crippen LogP contribution in [0.1, 0.15) is 25.3 Å². The van der Waals surface area contributed by atoms with E-state index in [-0.39, 0.29) is 5.91 Å². The quantitative estimate of drug-likeness (QED) is 0.457. The van der Waals surface area contributed by atoms with Crippen molar-refractivity contribution in [3.8, 4) is 5.75 Å². The Morgan fingerprint density at radius 3 is 2.67 bits per heavy atom. The molecule has 0 aromatic heterocycles. The van der Waals surface area contributed by atoms with Gasteiger partial charge in [0.25, 0.3) is 5.91 Å². The first-order valence-corrected chi connectivity index (χ1v) is 10.0. The van der Waals surface area contributed by atoms with E-state index in [0.717, 1.165) is 29.8 Å². The first-order valence-electron chi connectivity index (χ1n) is 8.82. The van der Waals surface area contributed by atoms with Gasteiger partial charge >= 0.3 is 0 Å². The number of nitrogens with zero attached hydrogens (tertiary/aromatic N) is 2. The number of amides is 1. The van der Waals surface area contributed by atoms with Gasteiger partial charge in [0.15, 0.2) is 5.17 Å².